The number of fused-ring (bicyclic) bond motifs is 1. The van der Waals surface area contributed by atoms with E-state index in [1.807, 2.05) is 80.6 Å². The summed E-state index contributed by atoms with van der Waals surface area (Å²) in [6.07, 6.45) is 1.70. The molecule has 7 nitrogen and oxygen atoms in total. The largest absolute Gasteiger partial charge is 0.436 e. The predicted molar refractivity (Wildman–Crippen MR) is 126 cm³/mol. The van der Waals surface area contributed by atoms with E-state index in [9.17, 15) is 4.79 Å². The van der Waals surface area contributed by atoms with Gasteiger partial charge in [-0.1, -0.05) is 42.5 Å². The maximum absolute atomic E-state index is 12.5. The highest BCUT2D eigenvalue weighted by atomic mass is 16.3. The van der Waals surface area contributed by atoms with Crippen LogP contribution in [0.25, 0.3) is 33.8 Å². The second-order valence-electron chi connectivity index (χ2n) is 7.57. The third kappa shape index (κ3) is 3.72. The topological polar surface area (TPSA) is 95.8 Å². The van der Waals surface area contributed by atoms with Crippen molar-refractivity contribution in [2.45, 2.75) is 13.8 Å². The van der Waals surface area contributed by atoms with Crippen molar-refractivity contribution in [2.75, 3.05) is 10.6 Å². The maximum atomic E-state index is 12.5. The highest BCUT2D eigenvalue weighted by Gasteiger charge is 2.16. The number of aromatic nitrogens is 3. The fourth-order valence-electron chi connectivity index (χ4n) is 3.66. The van der Waals surface area contributed by atoms with E-state index >= 15 is 0 Å². The van der Waals surface area contributed by atoms with Gasteiger partial charge in [-0.15, -0.1) is 0 Å². The van der Waals surface area contributed by atoms with E-state index < -0.39 is 0 Å². The van der Waals surface area contributed by atoms with Crippen molar-refractivity contribution in [1.82, 2.24) is 15.2 Å². The summed E-state index contributed by atoms with van der Waals surface area (Å²) >= 11 is 0. The number of para-hydroxylation sites is 3. The number of amides is 2. The zero-order chi connectivity index (χ0) is 22.1. The van der Waals surface area contributed by atoms with Gasteiger partial charge in [-0.05, 0) is 49.2 Å². The Morgan fingerprint density at radius 2 is 1.66 bits per heavy atom. The molecule has 2 heterocycles. The highest BCUT2D eigenvalue weighted by Crippen LogP contribution is 2.32. The summed E-state index contributed by atoms with van der Waals surface area (Å²) < 4.78 is 5.89. The molecule has 158 valence electrons. The van der Waals surface area contributed by atoms with Crippen LogP contribution in [0.4, 0.5) is 16.2 Å². The van der Waals surface area contributed by atoms with Crippen LogP contribution in [0.3, 0.4) is 0 Å². The highest BCUT2D eigenvalue weighted by molar-refractivity contribution is 6.00. The molecule has 0 aliphatic carbocycles. The molecule has 0 saturated heterocycles. The van der Waals surface area contributed by atoms with Gasteiger partial charge in [0.05, 0.1) is 17.5 Å². The SMILES string of the molecule is Cc1cccc(C)c1NC(=O)Nc1ccc(-c2[nH]ncc2-c2nc3ccccc3o2)cc1. The van der Waals surface area contributed by atoms with Crippen molar-refractivity contribution in [1.29, 1.82) is 0 Å². The van der Waals surface area contributed by atoms with E-state index in [0.29, 0.717) is 11.6 Å². The molecular weight excluding hydrogens is 402 g/mol. The molecule has 32 heavy (non-hydrogen) atoms. The Bertz CT molecular complexity index is 1360. The van der Waals surface area contributed by atoms with Crippen LogP contribution in [0.2, 0.25) is 0 Å². The van der Waals surface area contributed by atoms with Crippen LogP contribution in [0, 0.1) is 13.8 Å². The zero-order valence-corrected chi connectivity index (χ0v) is 17.6. The Morgan fingerprint density at radius 1 is 0.906 bits per heavy atom. The van der Waals surface area contributed by atoms with Gasteiger partial charge >= 0.3 is 6.03 Å². The number of benzene rings is 3. The molecule has 3 aromatic carbocycles. The molecule has 0 saturated carbocycles. The molecular formula is C25H21N5O2. The number of urea groups is 1. The van der Waals surface area contributed by atoms with E-state index in [2.05, 4.69) is 25.8 Å². The summed E-state index contributed by atoms with van der Waals surface area (Å²) in [5, 5.41) is 13.0. The number of oxazole rings is 1. The smallest absolute Gasteiger partial charge is 0.323 e. The minimum atomic E-state index is -0.288. The Morgan fingerprint density at radius 3 is 2.41 bits per heavy atom. The number of nitrogens with zero attached hydrogens (tertiary/aromatic N) is 2. The Balaban J connectivity index is 1.34. The number of H-pyrrole nitrogens is 1. The third-order valence-corrected chi connectivity index (χ3v) is 5.31. The quantitative estimate of drug-likeness (QED) is 0.323. The van der Waals surface area contributed by atoms with E-state index in [1.54, 1.807) is 6.20 Å². The molecule has 0 unspecified atom stereocenters. The molecule has 3 N–H and O–H groups in total. The number of hydrogen-bond acceptors (Lipinski definition) is 4. The first-order valence-electron chi connectivity index (χ1n) is 10.2. The first-order valence-corrected chi connectivity index (χ1v) is 10.2. The van der Waals surface area contributed by atoms with E-state index in [-0.39, 0.29) is 6.03 Å². The lowest BCUT2D eigenvalue weighted by Gasteiger charge is -2.12. The van der Waals surface area contributed by atoms with Gasteiger partial charge in [0.25, 0.3) is 0 Å². The van der Waals surface area contributed by atoms with Gasteiger partial charge in [-0.25, -0.2) is 9.78 Å². The van der Waals surface area contributed by atoms with Gasteiger partial charge in [0, 0.05) is 16.9 Å². The first kappa shape index (κ1) is 19.6. The van der Waals surface area contributed by atoms with E-state index in [1.165, 1.54) is 0 Å². The fraction of sp³-hybridized carbons (Fsp3) is 0.0800. The monoisotopic (exact) mass is 423 g/mol. The number of nitrogens with one attached hydrogen (secondary N) is 3. The number of aryl methyl sites for hydroxylation is 2. The van der Waals surface area contributed by atoms with Crippen molar-refractivity contribution in [3.63, 3.8) is 0 Å². The average molecular weight is 423 g/mol. The predicted octanol–water partition coefficient (Wildman–Crippen LogP) is 6.15. The number of anilines is 2. The molecule has 0 atom stereocenters. The Hall–Kier alpha value is -4.39. The molecule has 0 radical (unpaired) electrons. The summed E-state index contributed by atoms with van der Waals surface area (Å²) in [6, 6.07) is 20.8. The minimum Gasteiger partial charge on any atom is -0.436 e. The summed E-state index contributed by atoms with van der Waals surface area (Å²) in [4.78, 5) is 17.0. The van der Waals surface area contributed by atoms with Crippen LogP contribution in [0.1, 0.15) is 11.1 Å². The van der Waals surface area contributed by atoms with Gasteiger partial charge in [-0.3, -0.25) is 5.10 Å². The molecule has 0 aliphatic rings. The van der Waals surface area contributed by atoms with Gasteiger partial charge in [0.2, 0.25) is 5.89 Å². The summed E-state index contributed by atoms with van der Waals surface area (Å²) in [6.45, 7) is 3.94. The molecule has 0 spiro atoms. The normalized spacial score (nSPS) is 10.9. The van der Waals surface area contributed by atoms with Crippen LogP contribution in [0.15, 0.2) is 77.3 Å². The summed E-state index contributed by atoms with van der Waals surface area (Å²) in [7, 11) is 0. The molecule has 0 bridgehead atoms. The second kappa shape index (κ2) is 8.03. The van der Waals surface area contributed by atoms with Gasteiger partial charge < -0.3 is 15.1 Å². The number of rotatable bonds is 4. The van der Waals surface area contributed by atoms with Crippen LogP contribution in [-0.4, -0.2) is 21.2 Å². The van der Waals surface area contributed by atoms with Crippen molar-refractivity contribution in [3.8, 4) is 22.7 Å². The van der Waals surface area contributed by atoms with Crippen LogP contribution in [-0.2, 0) is 0 Å². The van der Waals surface area contributed by atoms with Gasteiger partial charge in [0.15, 0.2) is 5.58 Å². The van der Waals surface area contributed by atoms with Crippen molar-refractivity contribution in [2.24, 2.45) is 0 Å². The lowest BCUT2D eigenvalue weighted by molar-refractivity contribution is 0.262. The minimum absolute atomic E-state index is 0.288. The van der Waals surface area contributed by atoms with Crippen molar-refractivity contribution < 1.29 is 9.21 Å². The van der Waals surface area contributed by atoms with Crippen molar-refractivity contribution in [3.05, 3.63) is 84.1 Å². The van der Waals surface area contributed by atoms with E-state index in [4.69, 9.17) is 4.42 Å². The Labute approximate surface area is 184 Å². The lowest BCUT2D eigenvalue weighted by atomic mass is 10.1. The standard InChI is InChI=1S/C25H21N5O2/c1-15-6-5-7-16(2)22(15)29-25(31)27-18-12-10-17(11-13-18)23-19(14-26-30-23)24-28-20-8-3-4-9-21(20)32-24/h3-14H,1-2H3,(H,26,30)(H2,27,29,31). The molecule has 5 aromatic rings. The third-order valence-electron chi connectivity index (χ3n) is 5.31. The number of hydrogen-bond donors (Lipinski definition) is 3. The van der Waals surface area contributed by atoms with Crippen LogP contribution >= 0.6 is 0 Å². The molecule has 7 heteroatoms. The van der Waals surface area contributed by atoms with Gasteiger partial charge in [-0.2, -0.15) is 5.10 Å². The average Bonchev–Trinajstić information content (AvgIpc) is 3.44. The molecule has 5 rings (SSSR count). The molecule has 0 aliphatic heterocycles. The van der Waals surface area contributed by atoms with E-state index in [0.717, 1.165) is 44.7 Å². The first-order chi connectivity index (χ1) is 15.6. The zero-order valence-electron chi connectivity index (χ0n) is 17.6. The maximum Gasteiger partial charge on any atom is 0.323 e. The second-order valence-corrected chi connectivity index (χ2v) is 7.57. The molecule has 0 fully saturated rings. The van der Waals surface area contributed by atoms with Crippen molar-refractivity contribution >= 4 is 28.5 Å². The summed E-state index contributed by atoms with van der Waals surface area (Å²) in [5.41, 5.74) is 7.52. The van der Waals surface area contributed by atoms with Crippen LogP contribution < -0.4 is 10.6 Å². The number of aromatic amines is 1. The fourth-order valence-corrected chi connectivity index (χ4v) is 3.66. The lowest BCUT2D eigenvalue weighted by Crippen LogP contribution is -2.20. The molecule has 2 amide bonds. The van der Waals surface area contributed by atoms with Crippen LogP contribution in [0.5, 0.6) is 0 Å². The molecule has 2 aromatic heterocycles. The Kier molecular flexibility index (Phi) is 4.91. The van der Waals surface area contributed by atoms with Gasteiger partial charge in [0.1, 0.15) is 5.52 Å². The number of carbonyl (C=O) groups excluding carboxylic acids is 1. The number of carbonyl (C=O) groups is 1. The summed E-state index contributed by atoms with van der Waals surface area (Å²) in [5.74, 6) is 0.505.